The third-order valence-electron chi connectivity index (χ3n) is 5.73. The molecule has 4 aromatic rings. The number of carbonyl (C=O) groups excluding carboxylic acids is 3. The highest BCUT2D eigenvalue weighted by Crippen LogP contribution is 2.27. The van der Waals surface area contributed by atoms with Gasteiger partial charge in [0, 0.05) is 33.4 Å². The van der Waals surface area contributed by atoms with Crippen molar-refractivity contribution in [1.82, 2.24) is 9.88 Å². The Bertz CT molecular complexity index is 1610. The molecule has 2 N–H and O–H groups in total. The van der Waals surface area contributed by atoms with Crippen molar-refractivity contribution in [2.45, 2.75) is 6.54 Å². The monoisotopic (exact) mass is 532 g/mol. The van der Waals surface area contributed by atoms with Crippen LogP contribution in [-0.2, 0) is 20.9 Å². The van der Waals surface area contributed by atoms with Gasteiger partial charge in [0.15, 0.2) is 5.11 Å². The Labute approximate surface area is 221 Å². The quantitative estimate of drug-likeness (QED) is 0.217. The molecule has 2 heterocycles. The van der Waals surface area contributed by atoms with Crippen LogP contribution in [0.1, 0.15) is 5.56 Å². The van der Waals surface area contributed by atoms with Gasteiger partial charge in [-0.05, 0) is 66.8 Å². The molecule has 1 fully saturated rings. The van der Waals surface area contributed by atoms with Crippen molar-refractivity contribution in [2.75, 3.05) is 10.2 Å². The van der Waals surface area contributed by atoms with Gasteiger partial charge >= 0.3 is 0 Å². The lowest BCUT2D eigenvalue weighted by atomic mass is 10.1. The molecule has 3 aromatic carbocycles. The van der Waals surface area contributed by atoms with Crippen molar-refractivity contribution in [1.29, 1.82) is 0 Å². The molecule has 7 nitrogen and oxygen atoms in total. The summed E-state index contributed by atoms with van der Waals surface area (Å²) in [6.45, 7) is -0.00798. The Kier molecular flexibility index (Phi) is 6.56. The van der Waals surface area contributed by atoms with Crippen LogP contribution in [0.5, 0.6) is 0 Å². The van der Waals surface area contributed by atoms with E-state index in [-0.39, 0.29) is 28.8 Å². The lowest BCUT2D eigenvalue weighted by Crippen LogP contribution is -2.54. The minimum atomic E-state index is -0.684. The second kappa shape index (κ2) is 9.96. The second-order valence-electron chi connectivity index (χ2n) is 8.22. The number of aromatic nitrogens is 1. The summed E-state index contributed by atoms with van der Waals surface area (Å²) in [7, 11) is 0. The van der Waals surface area contributed by atoms with Crippen LogP contribution in [0.4, 0.5) is 15.8 Å². The van der Waals surface area contributed by atoms with E-state index in [0.29, 0.717) is 16.3 Å². The summed E-state index contributed by atoms with van der Waals surface area (Å²) in [6.07, 6.45) is 3.14. The van der Waals surface area contributed by atoms with E-state index >= 15 is 0 Å². The Morgan fingerprint density at radius 1 is 1.05 bits per heavy atom. The molecule has 0 bridgehead atoms. The maximum Gasteiger partial charge on any atom is 0.270 e. The van der Waals surface area contributed by atoms with Crippen LogP contribution in [0.25, 0.3) is 17.0 Å². The fourth-order valence-electron chi connectivity index (χ4n) is 4.07. The Hall–Kier alpha value is -4.34. The first-order chi connectivity index (χ1) is 17.8. The molecule has 0 unspecified atom stereocenters. The minimum Gasteiger partial charge on any atom is -0.337 e. The van der Waals surface area contributed by atoms with Crippen LogP contribution in [-0.4, -0.2) is 27.4 Å². The van der Waals surface area contributed by atoms with Gasteiger partial charge in [0.25, 0.3) is 11.8 Å². The van der Waals surface area contributed by atoms with Gasteiger partial charge in [-0.25, -0.2) is 4.39 Å². The molecule has 0 aliphatic carbocycles. The molecule has 1 saturated heterocycles. The van der Waals surface area contributed by atoms with Crippen LogP contribution in [0.3, 0.4) is 0 Å². The number of para-hydroxylation sites is 1. The van der Waals surface area contributed by atoms with Gasteiger partial charge < -0.3 is 9.88 Å². The standard InChI is InChI=1S/C27H18ClFN4O3S/c28-17-8-10-19(11-9-17)30-24(34)15-32-14-16(21-6-1-2-7-23(21)32)12-22-25(35)31-27(37)33(26(22)36)20-5-3-4-18(29)13-20/h1-14H,15H2,(H,30,34)(H,31,35,37)/b22-12-. The average molecular weight is 533 g/mol. The molecule has 0 saturated carbocycles. The summed E-state index contributed by atoms with van der Waals surface area (Å²) in [5.74, 6) is -2.16. The van der Waals surface area contributed by atoms with Crippen molar-refractivity contribution >= 4 is 75.0 Å². The molecule has 0 spiro atoms. The van der Waals surface area contributed by atoms with Gasteiger partial charge in [0.2, 0.25) is 5.91 Å². The van der Waals surface area contributed by atoms with Gasteiger partial charge in [0.05, 0.1) is 5.69 Å². The topological polar surface area (TPSA) is 83.4 Å². The van der Waals surface area contributed by atoms with Gasteiger partial charge in [-0.2, -0.15) is 0 Å². The predicted octanol–water partition coefficient (Wildman–Crippen LogP) is 4.90. The summed E-state index contributed by atoms with van der Waals surface area (Å²) in [4.78, 5) is 39.9. The molecule has 10 heteroatoms. The smallest absolute Gasteiger partial charge is 0.270 e. The number of halogens is 2. The zero-order valence-corrected chi connectivity index (χ0v) is 20.6. The lowest BCUT2D eigenvalue weighted by Gasteiger charge is -2.28. The molecular weight excluding hydrogens is 515 g/mol. The summed E-state index contributed by atoms with van der Waals surface area (Å²) in [5.41, 5.74) is 1.92. The largest absolute Gasteiger partial charge is 0.337 e. The SMILES string of the molecule is O=C(Cn1cc(/C=C2/C(=O)NC(=S)N(c3cccc(F)c3)C2=O)c2ccccc21)Nc1ccc(Cl)cc1. The van der Waals surface area contributed by atoms with Crippen LogP contribution in [0.15, 0.2) is 84.6 Å². The van der Waals surface area contributed by atoms with Gasteiger partial charge in [0.1, 0.15) is 17.9 Å². The summed E-state index contributed by atoms with van der Waals surface area (Å²) < 4.78 is 15.5. The highest BCUT2D eigenvalue weighted by Gasteiger charge is 2.34. The highest BCUT2D eigenvalue weighted by molar-refractivity contribution is 7.80. The first-order valence-electron chi connectivity index (χ1n) is 11.1. The number of nitrogens with zero attached hydrogens (tertiary/aromatic N) is 2. The minimum absolute atomic E-state index is 0.00798. The molecular formula is C27H18ClFN4O3S. The fourth-order valence-corrected chi connectivity index (χ4v) is 4.48. The number of thiocarbonyl (C=S) groups is 1. The molecule has 1 aliphatic rings. The maximum atomic E-state index is 13.8. The normalized spacial score (nSPS) is 14.8. The van der Waals surface area contributed by atoms with Crippen LogP contribution in [0.2, 0.25) is 5.02 Å². The van der Waals surface area contributed by atoms with Crippen LogP contribution in [0, 0.1) is 5.82 Å². The lowest BCUT2D eigenvalue weighted by molar-refractivity contribution is -0.122. The number of nitrogens with one attached hydrogen (secondary N) is 2. The van der Waals surface area contributed by atoms with E-state index in [4.69, 9.17) is 23.8 Å². The number of hydrogen-bond acceptors (Lipinski definition) is 4. The first kappa shape index (κ1) is 24.4. The molecule has 37 heavy (non-hydrogen) atoms. The molecule has 0 radical (unpaired) electrons. The number of amides is 3. The molecule has 1 aromatic heterocycles. The number of anilines is 2. The Morgan fingerprint density at radius 3 is 2.57 bits per heavy atom. The number of carbonyl (C=O) groups is 3. The van der Waals surface area contributed by atoms with Crippen molar-refractivity contribution < 1.29 is 18.8 Å². The highest BCUT2D eigenvalue weighted by atomic mass is 35.5. The van der Waals surface area contributed by atoms with E-state index in [1.165, 1.54) is 24.3 Å². The van der Waals surface area contributed by atoms with Crippen LogP contribution < -0.4 is 15.5 Å². The van der Waals surface area contributed by atoms with Gasteiger partial charge in [-0.15, -0.1) is 0 Å². The number of rotatable bonds is 5. The third-order valence-corrected chi connectivity index (χ3v) is 6.27. The fraction of sp³-hybridized carbons (Fsp3) is 0.0370. The molecule has 0 atom stereocenters. The molecule has 5 rings (SSSR count). The number of hydrogen-bond donors (Lipinski definition) is 2. The Balaban J connectivity index is 1.48. The molecule has 184 valence electrons. The van der Waals surface area contributed by atoms with E-state index < -0.39 is 17.6 Å². The number of fused-ring (bicyclic) bond motifs is 1. The third kappa shape index (κ3) is 5.00. The van der Waals surface area contributed by atoms with Crippen LogP contribution >= 0.6 is 23.8 Å². The Morgan fingerprint density at radius 2 is 1.81 bits per heavy atom. The van der Waals surface area contributed by atoms with Gasteiger partial charge in [-0.3, -0.25) is 24.6 Å². The number of benzene rings is 3. The first-order valence-corrected chi connectivity index (χ1v) is 11.9. The van der Waals surface area contributed by atoms with E-state index in [1.54, 1.807) is 35.0 Å². The summed E-state index contributed by atoms with van der Waals surface area (Å²) >= 11 is 11.1. The summed E-state index contributed by atoms with van der Waals surface area (Å²) in [6, 6.07) is 19.4. The second-order valence-corrected chi connectivity index (χ2v) is 9.05. The summed E-state index contributed by atoms with van der Waals surface area (Å²) in [5, 5.41) is 6.47. The van der Waals surface area contributed by atoms with E-state index in [0.717, 1.165) is 21.9 Å². The van der Waals surface area contributed by atoms with E-state index in [1.807, 2.05) is 24.3 Å². The van der Waals surface area contributed by atoms with Gasteiger partial charge in [-0.1, -0.05) is 35.9 Å². The molecule has 1 aliphatic heterocycles. The predicted molar refractivity (Wildman–Crippen MR) is 145 cm³/mol. The van der Waals surface area contributed by atoms with Crippen molar-refractivity contribution in [3.05, 3.63) is 101 Å². The zero-order chi connectivity index (χ0) is 26.1. The zero-order valence-electron chi connectivity index (χ0n) is 19.1. The van der Waals surface area contributed by atoms with Crippen molar-refractivity contribution in [3.8, 4) is 0 Å². The average Bonchev–Trinajstić information content (AvgIpc) is 3.20. The van der Waals surface area contributed by atoms with Crippen molar-refractivity contribution in [2.24, 2.45) is 0 Å². The maximum absolute atomic E-state index is 13.8. The van der Waals surface area contributed by atoms with E-state index in [9.17, 15) is 18.8 Å². The van der Waals surface area contributed by atoms with E-state index in [2.05, 4.69) is 10.6 Å². The molecule has 3 amide bonds. The van der Waals surface area contributed by atoms with Crippen molar-refractivity contribution in [3.63, 3.8) is 0 Å².